The molecule has 2 unspecified atom stereocenters. The van der Waals surface area contributed by atoms with E-state index in [0.29, 0.717) is 19.1 Å². The van der Waals surface area contributed by atoms with E-state index in [-0.39, 0.29) is 0 Å². The van der Waals surface area contributed by atoms with Gasteiger partial charge in [0.25, 0.3) is 0 Å². The number of nitrogens with zero attached hydrogens (tertiary/aromatic N) is 1. The average molecular weight is 439 g/mol. The van der Waals surface area contributed by atoms with E-state index < -0.39 is 6.10 Å². The van der Waals surface area contributed by atoms with Gasteiger partial charge in [-0.1, -0.05) is 30.2 Å². The molecule has 1 saturated heterocycles. The van der Waals surface area contributed by atoms with Gasteiger partial charge in [0.05, 0.1) is 0 Å². The second-order valence-corrected chi connectivity index (χ2v) is 9.48. The predicted molar refractivity (Wildman–Crippen MR) is 126 cm³/mol. The summed E-state index contributed by atoms with van der Waals surface area (Å²) in [6.45, 7) is 3.23. The third-order valence-corrected chi connectivity index (χ3v) is 7.05. The molecule has 164 valence electrons. The number of β-amino-alcohol motifs (C(OH)–C–C–N with tert-alkyl or cyclic N) is 1. The molecule has 2 aromatic carbocycles. The van der Waals surface area contributed by atoms with Crippen LogP contribution in [-0.4, -0.2) is 47.3 Å². The lowest BCUT2D eigenvalue weighted by Crippen LogP contribution is -2.38. The number of likely N-dealkylation sites (tertiary alicyclic amines) is 1. The number of rotatable bonds is 6. The van der Waals surface area contributed by atoms with Gasteiger partial charge in [-0.25, -0.2) is 0 Å². The minimum atomic E-state index is -0.447. The molecule has 0 amide bonds. The number of aromatic amines is 1. The predicted octanol–water partition coefficient (Wildman–Crippen LogP) is 5.52. The standard InChI is InChI=1S/C26H31ClN2O2/c27-19-9-12-25-24(15-19)23-6-4-5-22(26(23)28-25)18-7-10-21(11-8-18)31-17-20(30)16-29-13-2-1-3-14-29/h7-12,15,20,22,28,30H,1-6,13-14,16-17H2. The zero-order valence-electron chi connectivity index (χ0n) is 17.9. The number of aliphatic hydroxyl groups is 1. The van der Waals surface area contributed by atoms with E-state index in [1.807, 2.05) is 18.2 Å². The smallest absolute Gasteiger partial charge is 0.119 e. The van der Waals surface area contributed by atoms with E-state index in [4.69, 9.17) is 16.3 Å². The number of ether oxygens (including phenoxy) is 1. The van der Waals surface area contributed by atoms with Crippen molar-refractivity contribution in [3.8, 4) is 5.75 Å². The van der Waals surface area contributed by atoms with Gasteiger partial charge in [0.15, 0.2) is 0 Å². The van der Waals surface area contributed by atoms with Crippen LogP contribution in [0.25, 0.3) is 10.9 Å². The minimum Gasteiger partial charge on any atom is -0.491 e. The molecular formula is C26H31ClN2O2. The Kier molecular flexibility index (Phi) is 6.22. The van der Waals surface area contributed by atoms with E-state index in [0.717, 1.165) is 36.7 Å². The SMILES string of the molecule is OC(COc1ccc(C2CCCc3c2[nH]c2ccc(Cl)cc32)cc1)CN1CCCCC1. The van der Waals surface area contributed by atoms with Gasteiger partial charge in [0.2, 0.25) is 0 Å². The van der Waals surface area contributed by atoms with Crippen LogP contribution >= 0.6 is 11.6 Å². The number of nitrogens with one attached hydrogen (secondary N) is 1. The van der Waals surface area contributed by atoms with Gasteiger partial charge in [0, 0.05) is 34.1 Å². The highest BCUT2D eigenvalue weighted by atomic mass is 35.5. The number of hydrogen-bond acceptors (Lipinski definition) is 3. The zero-order chi connectivity index (χ0) is 21.2. The number of aliphatic hydroxyl groups excluding tert-OH is 1. The second-order valence-electron chi connectivity index (χ2n) is 9.05. The Morgan fingerprint density at radius 3 is 2.68 bits per heavy atom. The number of H-pyrrole nitrogens is 1. The molecule has 0 bridgehead atoms. The van der Waals surface area contributed by atoms with Crippen molar-refractivity contribution in [2.45, 2.75) is 50.5 Å². The second kappa shape index (κ2) is 9.23. The first kappa shape index (κ1) is 20.9. The lowest BCUT2D eigenvalue weighted by atomic mass is 9.82. The largest absolute Gasteiger partial charge is 0.491 e. The molecule has 0 radical (unpaired) electrons. The molecule has 1 aliphatic carbocycles. The summed E-state index contributed by atoms with van der Waals surface area (Å²) in [5.74, 6) is 1.19. The minimum absolute atomic E-state index is 0.339. The monoisotopic (exact) mass is 438 g/mol. The van der Waals surface area contributed by atoms with Crippen LogP contribution in [0.3, 0.4) is 0 Å². The molecule has 2 atom stereocenters. The Labute approximate surface area is 189 Å². The lowest BCUT2D eigenvalue weighted by molar-refractivity contribution is 0.0617. The fourth-order valence-corrected chi connectivity index (χ4v) is 5.42. The fourth-order valence-electron chi connectivity index (χ4n) is 5.25. The van der Waals surface area contributed by atoms with Crippen molar-refractivity contribution in [1.82, 2.24) is 9.88 Å². The highest BCUT2D eigenvalue weighted by molar-refractivity contribution is 6.31. The maximum absolute atomic E-state index is 10.3. The maximum atomic E-state index is 10.3. The number of halogens is 1. The van der Waals surface area contributed by atoms with Gasteiger partial charge < -0.3 is 19.7 Å². The summed E-state index contributed by atoms with van der Waals surface area (Å²) in [5.41, 5.74) is 5.22. The molecule has 2 heterocycles. The Balaban J connectivity index is 1.25. The summed E-state index contributed by atoms with van der Waals surface area (Å²) in [4.78, 5) is 6.00. The summed E-state index contributed by atoms with van der Waals surface area (Å²) in [6.07, 6.45) is 6.76. The lowest BCUT2D eigenvalue weighted by Gasteiger charge is -2.28. The molecule has 0 saturated carbocycles. The molecule has 1 aromatic heterocycles. The average Bonchev–Trinajstić information content (AvgIpc) is 3.17. The van der Waals surface area contributed by atoms with E-state index in [1.54, 1.807) is 0 Å². The van der Waals surface area contributed by atoms with Crippen molar-refractivity contribution < 1.29 is 9.84 Å². The van der Waals surface area contributed by atoms with Gasteiger partial charge >= 0.3 is 0 Å². The molecule has 4 nitrogen and oxygen atoms in total. The molecule has 1 aliphatic heterocycles. The Morgan fingerprint density at radius 1 is 1.06 bits per heavy atom. The summed E-state index contributed by atoms with van der Waals surface area (Å²) >= 11 is 6.25. The van der Waals surface area contributed by atoms with E-state index in [9.17, 15) is 5.11 Å². The number of fused-ring (bicyclic) bond motifs is 3. The van der Waals surface area contributed by atoms with Crippen LogP contribution in [0.15, 0.2) is 42.5 Å². The van der Waals surface area contributed by atoms with Crippen LogP contribution in [0.2, 0.25) is 5.02 Å². The van der Waals surface area contributed by atoms with Crippen molar-refractivity contribution in [2.75, 3.05) is 26.2 Å². The van der Waals surface area contributed by atoms with Crippen LogP contribution in [0, 0.1) is 0 Å². The summed E-state index contributed by atoms with van der Waals surface area (Å²) in [7, 11) is 0. The molecular weight excluding hydrogens is 408 g/mol. The number of benzene rings is 2. The van der Waals surface area contributed by atoms with Crippen molar-refractivity contribution in [2.24, 2.45) is 0 Å². The number of aromatic nitrogens is 1. The van der Waals surface area contributed by atoms with Gasteiger partial charge in [-0.05, 0) is 86.7 Å². The van der Waals surface area contributed by atoms with Crippen LogP contribution in [-0.2, 0) is 6.42 Å². The third kappa shape index (κ3) is 4.62. The van der Waals surface area contributed by atoms with E-state index in [1.165, 1.54) is 53.4 Å². The topological polar surface area (TPSA) is 48.5 Å². The van der Waals surface area contributed by atoms with Gasteiger partial charge in [-0.2, -0.15) is 0 Å². The van der Waals surface area contributed by atoms with Crippen LogP contribution in [0.5, 0.6) is 5.75 Å². The summed E-state index contributed by atoms with van der Waals surface area (Å²) < 4.78 is 5.88. The Bertz CT molecular complexity index is 1020. The molecule has 0 spiro atoms. The van der Waals surface area contributed by atoms with E-state index >= 15 is 0 Å². The molecule has 2 aliphatic rings. The molecule has 31 heavy (non-hydrogen) atoms. The Morgan fingerprint density at radius 2 is 1.87 bits per heavy atom. The third-order valence-electron chi connectivity index (χ3n) is 6.81. The first-order chi connectivity index (χ1) is 15.2. The summed E-state index contributed by atoms with van der Waals surface area (Å²) in [5, 5.41) is 12.4. The number of hydrogen-bond donors (Lipinski definition) is 2. The molecule has 1 fully saturated rings. The highest BCUT2D eigenvalue weighted by Crippen LogP contribution is 2.40. The quantitative estimate of drug-likeness (QED) is 0.533. The fraction of sp³-hybridized carbons (Fsp3) is 0.462. The van der Waals surface area contributed by atoms with Crippen molar-refractivity contribution in [3.05, 3.63) is 64.3 Å². The van der Waals surface area contributed by atoms with Gasteiger partial charge in [-0.15, -0.1) is 0 Å². The molecule has 5 heteroatoms. The zero-order valence-corrected chi connectivity index (χ0v) is 18.7. The number of piperidine rings is 1. The number of aryl methyl sites for hydroxylation is 1. The van der Waals surface area contributed by atoms with Crippen molar-refractivity contribution >= 4 is 22.5 Å². The first-order valence-corrected chi connectivity index (χ1v) is 12.0. The normalized spacial score (nSPS) is 20.5. The molecule has 5 rings (SSSR count). The summed E-state index contributed by atoms with van der Waals surface area (Å²) in [6, 6.07) is 14.5. The molecule has 2 N–H and O–H groups in total. The van der Waals surface area contributed by atoms with E-state index in [2.05, 4.69) is 34.1 Å². The van der Waals surface area contributed by atoms with Crippen LogP contribution in [0.1, 0.15) is 54.8 Å². The Hall–Kier alpha value is -2.01. The highest BCUT2D eigenvalue weighted by Gasteiger charge is 2.25. The van der Waals surface area contributed by atoms with Crippen LogP contribution in [0.4, 0.5) is 0 Å². The maximum Gasteiger partial charge on any atom is 0.119 e. The van der Waals surface area contributed by atoms with Gasteiger partial charge in [0.1, 0.15) is 18.5 Å². The van der Waals surface area contributed by atoms with Crippen molar-refractivity contribution in [1.29, 1.82) is 0 Å². The first-order valence-electron chi connectivity index (χ1n) is 11.6. The molecule has 3 aromatic rings. The van der Waals surface area contributed by atoms with Crippen molar-refractivity contribution in [3.63, 3.8) is 0 Å². The van der Waals surface area contributed by atoms with Gasteiger partial charge in [-0.3, -0.25) is 0 Å². The van der Waals surface area contributed by atoms with Crippen LogP contribution < -0.4 is 4.74 Å².